The summed E-state index contributed by atoms with van der Waals surface area (Å²) in [6.07, 6.45) is 2.24. The molecular weight excluding hydrogens is 290 g/mol. The average Bonchev–Trinajstić information content (AvgIpc) is 2.50. The van der Waals surface area contributed by atoms with Crippen LogP contribution >= 0.6 is 11.6 Å². The molecule has 0 saturated carbocycles. The van der Waals surface area contributed by atoms with Crippen molar-refractivity contribution in [3.63, 3.8) is 0 Å². The SMILES string of the molecule is Cc1ccc(OCCCOc2c[nH]c(CCl)cc2=O)cc1. The van der Waals surface area contributed by atoms with Crippen molar-refractivity contribution in [3.05, 3.63) is 58.0 Å². The summed E-state index contributed by atoms with van der Waals surface area (Å²) in [6, 6.07) is 9.33. The van der Waals surface area contributed by atoms with Crippen LogP contribution in [0.4, 0.5) is 0 Å². The number of pyridine rings is 1. The van der Waals surface area contributed by atoms with Gasteiger partial charge in [0.05, 0.1) is 19.1 Å². The Morgan fingerprint density at radius 2 is 1.86 bits per heavy atom. The molecular formula is C16H18ClNO3. The molecule has 1 heterocycles. The summed E-state index contributed by atoms with van der Waals surface area (Å²) in [5, 5.41) is 0. The molecule has 0 unspecified atom stereocenters. The first-order valence-electron chi connectivity index (χ1n) is 6.79. The molecule has 1 N–H and O–H groups in total. The van der Waals surface area contributed by atoms with Crippen LogP contribution in [0.3, 0.4) is 0 Å². The number of hydrogen-bond acceptors (Lipinski definition) is 3. The molecule has 1 aromatic carbocycles. The van der Waals surface area contributed by atoms with Gasteiger partial charge in [-0.05, 0) is 19.1 Å². The largest absolute Gasteiger partial charge is 0.493 e. The number of halogens is 1. The molecule has 0 spiro atoms. The number of H-pyrrole nitrogens is 1. The highest BCUT2D eigenvalue weighted by Crippen LogP contribution is 2.11. The number of aromatic nitrogens is 1. The fourth-order valence-corrected chi connectivity index (χ4v) is 1.91. The summed E-state index contributed by atoms with van der Waals surface area (Å²) in [5.41, 5.74) is 1.71. The van der Waals surface area contributed by atoms with Crippen LogP contribution in [0, 0.1) is 6.92 Å². The van der Waals surface area contributed by atoms with E-state index in [-0.39, 0.29) is 11.3 Å². The molecule has 2 rings (SSSR count). The Bertz CT molecular complexity index is 622. The second-order valence-electron chi connectivity index (χ2n) is 4.68. The van der Waals surface area contributed by atoms with E-state index in [1.165, 1.54) is 11.6 Å². The smallest absolute Gasteiger partial charge is 0.223 e. The van der Waals surface area contributed by atoms with Crippen LogP contribution in [-0.4, -0.2) is 18.2 Å². The van der Waals surface area contributed by atoms with E-state index >= 15 is 0 Å². The molecule has 0 aliphatic rings. The van der Waals surface area contributed by atoms with Crippen molar-refractivity contribution in [1.82, 2.24) is 4.98 Å². The summed E-state index contributed by atoms with van der Waals surface area (Å²) in [7, 11) is 0. The number of rotatable bonds is 7. The normalized spacial score (nSPS) is 10.4. The third-order valence-electron chi connectivity index (χ3n) is 2.92. The van der Waals surface area contributed by atoms with Crippen molar-refractivity contribution in [3.8, 4) is 11.5 Å². The number of hydrogen-bond donors (Lipinski definition) is 1. The lowest BCUT2D eigenvalue weighted by Crippen LogP contribution is -2.12. The zero-order valence-electron chi connectivity index (χ0n) is 11.9. The molecule has 4 nitrogen and oxygen atoms in total. The molecule has 0 saturated heterocycles. The van der Waals surface area contributed by atoms with Gasteiger partial charge in [0, 0.05) is 24.4 Å². The van der Waals surface area contributed by atoms with Crippen LogP contribution in [0.2, 0.25) is 0 Å². The van der Waals surface area contributed by atoms with Crippen LogP contribution in [0.5, 0.6) is 11.5 Å². The van der Waals surface area contributed by atoms with Crippen molar-refractivity contribution in [2.75, 3.05) is 13.2 Å². The highest BCUT2D eigenvalue weighted by molar-refractivity contribution is 6.16. The lowest BCUT2D eigenvalue weighted by Gasteiger charge is -2.08. The molecule has 5 heteroatoms. The third kappa shape index (κ3) is 4.83. The van der Waals surface area contributed by atoms with Crippen molar-refractivity contribution in [2.45, 2.75) is 19.2 Å². The van der Waals surface area contributed by atoms with Gasteiger partial charge in [-0.15, -0.1) is 11.6 Å². The third-order valence-corrected chi connectivity index (χ3v) is 3.20. The molecule has 0 atom stereocenters. The van der Waals surface area contributed by atoms with E-state index in [9.17, 15) is 4.79 Å². The predicted molar refractivity (Wildman–Crippen MR) is 83.4 cm³/mol. The average molecular weight is 308 g/mol. The number of aromatic amines is 1. The maximum atomic E-state index is 11.7. The van der Waals surface area contributed by atoms with Crippen LogP contribution in [-0.2, 0) is 5.88 Å². The standard InChI is InChI=1S/C16H18ClNO3/c1-12-3-5-14(6-4-12)20-7-2-8-21-16-11-18-13(10-17)9-15(16)19/h3-6,9,11H,2,7-8,10H2,1H3,(H,18,19). The quantitative estimate of drug-likeness (QED) is 0.631. The summed E-state index contributed by atoms with van der Waals surface area (Å²) in [5.74, 6) is 1.42. The monoisotopic (exact) mass is 307 g/mol. The van der Waals surface area contributed by atoms with Gasteiger partial charge in [0.2, 0.25) is 5.43 Å². The van der Waals surface area contributed by atoms with Gasteiger partial charge in [0.15, 0.2) is 5.75 Å². The Morgan fingerprint density at radius 1 is 1.14 bits per heavy atom. The van der Waals surface area contributed by atoms with Crippen molar-refractivity contribution in [1.29, 1.82) is 0 Å². The maximum Gasteiger partial charge on any atom is 0.223 e. The minimum atomic E-state index is -0.163. The summed E-state index contributed by atoms with van der Waals surface area (Å²) < 4.78 is 11.0. The molecule has 21 heavy (non-hydrogen) atoms. The number of benzene rings is 1. The Hall–Kier alpha value is -1.94. The lowest BCUT2D eigenvalue weighted by molar-refractivity contribution is 0.245. The van der Waals surface area contributed by atoms with E-state index in [1.54, 1.807) is 6.20 Å². The molecule has 0 aliphatic carbocycles. The minimum Gasteiger partial charge on any atom is -0.493 e. The predicted octanol–water partition coefficient (Wildman–Crippen LogP) is 3.27. The maximum absolute atomic E-state index is 11.7. The van der Waals surface area contributed by atoms with Crippen molar-refractivity contribution in [2.24, 2.45) is 0 Å². The van der Waals surface area contributed by atoms with Crippen molar-refractivity contribution < 1.29 is 9.47 Å². The van der Waals surface area contributed by atoms with Gasteiger partial charge >= 0.3 is 0 Å². The Labute approximate surface area is 128 Å². The van der Waals surface area contributed by atoms with E-state index in [2.05, 4.69) is 4.98 Å². The molecule has 2 aromatic rings. The Morgan fingerprint density at radius 3 is 2.52 bits per heavy atom. The summed E-state index contributed by atoms with van der Waals surface area (Å²) in [4.78, 5) is 14.6. The van der Waals surface area contributed by atoms with Gasteiger partial charge < -0.3 is 14.5 Å². The van der Waals surface area contributed by atoms with E-state index < -0.39 is 0 Å². The van der Waals surface area contributed by atoms with Gasteiger partial charge in [-0.3, -0.25) is 4.79 Å². The zero-order chi connectivity index (χ0) is 15.1. The zero-order valence-corrected chi connectivity index (χ0v) is 12.7. The minimum absolute atomic E-state index is 0.163. The molecule has 1 aromatic heterocycles. The van der Waals surface area contributed by atoms with Gasteiger partial charge in [-0.2, -0.15) is 0 Å². The summed E-state index contributed by atoms with van der Waals surface area (Å²) >= 11 is 5.64. The molecule has 112 valence electrons. The van der Waals surface area contributed by atoms with Crippen LogP contribution in [0.25, 0.3) is 0 Å². The highest BCUT2D eigenvalue weighted by atomic mass is 35.5. The van der Waals surface area contributed by atoms with Gasteiger partial charge in [0.1, 0.15) is 5.75 Å². The summed E-state index contributed by atoms with van der Waals surface area (Å²) in [6.45, 7) is 3.00. The van der Waals surface area contributed by atoms with Crippen molar-refractivity contribution >= 4 is 11.6 Å². The van der Waals surface area contributed by atoms with Crippen LogP contribution in [0.15, 0.2) is 41.3 Å². The number of alkyl halides is 1. The van der Waals surface area contributed by atoms with Gasteiger partial charge in [-0.1, -0.05) is 17.7 Å². The fourth-order valence-electron chi connectivity index (χ4n) is 1.76. The number of ether oxygens (including phenoxy) is 2. The van der Waals surface area contributed by atoms with E-state index in [4.69, 9.17) is 21.1 Å². The first kappa shape index (κ1) is 15.4. The van der Waals surface area contributed by atoms with E-state index in [0.717, 1.165) is 5.75 Å². The van der Waals surface area contributed by atoms with Crippen LogP contribution < -0.4 is 14.9 Å². The fraction of sp³-hybridized carbons (Fsp3) is 0.312. The lowest BCUT2D eigenvalue weighted by atomic mass is 10.2. The molecule has 0 fully saturated rings. The second-order valence-corrected chi connectivity index (χ2v) is 4.95. The number of aryl methyl sites for hydroxylation is 1. The van der Waals surface area contributed by atoms with Crippen LogP contribution in [0.1, 0.15) is 17.7 Å². The first-order chi connectivity index (χ1) is 10.2. The Balaban J connectivity index is 1.72. The molecule has 0 bridgehead atoms. The highest BCUT2D eigenvalue weighted by Gasteiger charge is 2.02. The molecule has 0 amide bonds. The second kappa shape index (κ2) is 7.74. The number of nitrogens with one attached hydrogen (secondary N) is 1. The molecule has 0 radical (unpaired) electrons. The van der Waals surface area contributed by atoms with Gasteiger partial charge in [-0.25, -0.2) is 0 Å². The van der Waals surface area contributed by atoms with Gasteiger partial charge in [0.25, 0.3) is 0 Å². The Kier molecular flexibility index (Phi) is 5.69. The topological polar surface area (TPSA) is 51.3 Å². The first-order valence-corrected chi connectivity index (χ1v) is 7.32. The van der Waals surface area contributed by atoms with E-state index in [0.29, 0.717) is 31.1 Å². The molecule has 0 aliphatic heterocycles. The van der Waals surface area contributed by atoms with E-state index in [1.807, 2.05) is 31.2 Å².